The molecule has 2 fully saturated rings. The maximum Gasteiger partial charge on any atom is 0.273 e. The summed E-state index contributed by atoms with van der Waals surface area (Å²) in [5, 5.41) is 0.919. The second-order valence-corrected chi connectivity index (χ2v) is 6.18. The van der Waals surface area contributed by atoms with Gasteiger partial charge >= 0.3 is 0 Å². The van der Waals surface area contributed by atoms with E-state index in [2.05, 4.69) is 5.43 Å². The molecule has 3 amide bonds. The van der Waals surface area contributed by atoms with Crippen molar-refractivity contribution >= 4 is 17.7 Å². The summed E-state index contributed by atoms with van der Waals surface area (Å²) in [7, 11) is 0. The molecule has 1 N–H and O–H groups in total. The number of allylic oxidation sites excluding steroid dienone is 2. The molecular weight excluding hydrogens is 284 g/mol. The molecule has 1 saturated carbocycles. The van der Waals surface area contributed by atoms with Gasteiger partial charge < -0.3 is 4.42 Å². The van der Waals surface area contributed by atoms with Crippen LogP contribution in [0.3, 0.4) is 0 Å². The zero-order chi connectivity index (χ0) is 15.4. The monoisotopic (exact) mass is 300 g/mol. The Kier molecular flexibility index (Phi) is 2.76. The van der Waals surface area contributed by atoms with Crippen LogP contribution in [0.4, 0.5) is 0 Å². The Morgan fingerprint density at radius 1 is 1.18 bits per heavy atom. The number of nitrogens with zero attached hydrogens (tertiary/aromatic N) is 1. The summed E-state index contributed by atoms with van der Waals surface area (Å²) < 4.78 is 5.08. The highest BCUT2D eigenvalue weighted by Gasteiger charge is 2.57. The summed E-state index contributed by atoms with van der Waals surface area (Å²) in [5.41, 5.74) is 2.78. The molecule has 22 heavy (non-hydrogen) atoms. The van der Waals surface area contributed by atoms with Crippen LogP contribution in [0.5, 0.6) is 0 Å². The Balaban J connectivity index is 1.59. The molecule has 0 radical (unpaired) electrons. The predicted octanol–water partition coefficient (Wildman–Crippen LogP) is 1.43. The first-order valence-electron chi connectivity index (χ1n) is 7.49. The van der Waals surface area contributed by atoms with Gasteiger partial charge in [0.25, 0.3) is 17.7 Å². The lowest BCUT2D eigenvalue weighted by Gasteiger charge is -2.37. The van der Waals surface area contributed by atoms with Gasteiger partial charge in [-0.15, -0.1) is 0 Å². The summed E-state index contributed by atoms with van der Waals surface area (Å²) in [6, 6.07) is 1.52. The molecule has 1 aromatic rings. The predicted molar refractivity (Wildman–Crippen MR) is 75.1 cm³/mol. The maximum absolute atomic E-state index is 12.6. The van der Waals surface area contributed by atoms with Crippen molar-refractivity contribution in [2.24, 2.45) is 23.7 Å². The Hall–Kier alpha value is -2.37. The van der Waals surface area contributed by atoms with Gasteiger partial charge in [0, 0.05) is 0 Å². The molecule has 5 rings (SSSR count). The smallest absolute Gasteiger partial charge is 0.273 e. The van der Waals surface area contributed by atoms with Gasteiger partial charge in [0.2, 0.25) is 0 Å². The van der Waals surface area contributed by atoms with Gasteiger partial charge in [-0.05, 0) is 37.7 Å². The molecule has 1 aliphatic heterocycles. The summed E-state index contributed by atoms with van der Waals surface area (Å²) in [4.78, 5) is 37.4. The number of rotatable bonds is 2. The Morgan fingerprint density at radius 2 is 1.77 bits per heavy atom. The fraction of sp³-hybridized carbons (Fsp3) is 0.438. The molecule has 0 aromatic carbocycles. The number of aryl methyl sites for hydroxylation is 1. The number of hydrogen-bond acceptors (Lipinski definition) is 4. The molecule has 0 spiro atoms. The van der Waals surface area contributed by atoms with Gasteiger partial charge in [-0.2, -0.15) is 5.01 Å². The van der Waals surface area contributed by atoms with Crippen molar-refractivity contribution in [3.05, 3.63) is 35.8 Å². The topological polar surface area (TPSA) is 79.6 Å². The van der Waals surface area contributed by atoms with Gasteiger partial charge in [-0.1, -0.05) is 12.2 Å². The minimum Gasteiger partial charge on any atom is -0.469 e. The number of imide groups is 1. The second-order valence-electron chi connectivity index (χ2n) is 6.18. The molecular formula is C16H16N2O4. The largest absolute Gasteiger partial charge is 0.469 e. The van der Waals surface area contributed by atoms with Gasteiger partial charge in [0.15, 0.2) is 0 Å². The lowest BCUT2D eigenvalue weighted by molar-refractivity contribution is -0.143. The molecule has 2 bridgehead atoms. The number of hydrazine groups is 1. The van der Waals surface area contributed by atoms with Crippen molar-refractivity contribution in [1.82, 2.24) is 10.4 Å². The molecule has 1 saturated heterocycles. The Labute approximate surface area is 127 Å². The zero-order valence-corrected chi connectivity index (χ0v) is 12.1. The standard InChI is InChI=1S/C16H16N2O4/c1-8-11(6-7-22-8)14(19)17-18-15(20)12-9-2-3-10(5-4-9)13(12)16(18)21/h2-3,6-7,9-10,12-13H,4-5H2,1H3,(H,17,19)/t9-,10-,12-,13-/m1/s1. The molecule has 3 aliphatic carbocycles. The summed E-state index contributed by atoms with van der Waals surface area (Å²) in [6.45, 7) is 1.66. The summed E-state index contributed by atoms with van der Waals surface area (Å²) in [5.74, 6) is -1.02. The number of hydrogen-bond donors (Lipinski definition) is 1. The van der Waals surface area contributed by atoms with Crippen LogP contribution in [-0.2, 0) is 9.59 Å². The van der Waals surface area contributed by atoms with Crippen molar-refractivity contribution in [2.75, 3.05) is 0 Å². The van der Waals surface area contributed by atoms with Crippen molar-refractivity contribution in [3.63, 3.8) is 0 Å². The van der Waals surface area contributed by atoms with Crippen LogP contribution in [0.1, 0.15) is 29.0 Å². The Morgan fingerprint density at radius 3 is 2.23 bits per heavy atom. The zero-order valence-electron chi connectivity index (χ0n) is 12.1. The molecule has 4 atom stereocenters. The van der Waals surface area contributed by atoms with E-state index < -0.39 is 5.91 Å². The van der Waals surface area contributed by atoms with Crippen LogP contribution in [0.25, 0.3) is 0 Å². The van der Waals surface area contributed by atoms with E-state index in [1.54, 1.807) is 6.92 Å². The highest BCUT2D eigenvalue weighted by atomic mass is 16.3. The van der Waals surface area contributed by atoms with Gasteiger partial charge in [-0.3, -0.25) is 19.8 Å². The van der Waals surface area contributed by atoms with E-state index in [1.807, 2.05) is 12.2 Å². The highest BCUT2D eigenvalue weighted by molar-refractivity contribution is 6.08. The number of furan rings is 1. The van der Waals surface area contributed by atoms with Crippen molar-refractivity contribution in [1.29, 1.82) is 0 Å². The molecule has 6 nitrogen and oxygen atoms in total. The third-order valence-electron chi connectivity index (χ3n) is 5.08. The number of nitrogens with one attached hydrogen (secondary N) is 1. The minimum absolute atomic E-state index is 0.115. The molecule has 0 unspecified atom stereocenters. The Bertz CT molecular complexity index is 673. The van der Waals surface area contributed by atoms with Gasteiger partial charge in [0.05, 0.1) is 23.7 Å². The minimum atomic E-state index is -0.494. The van der Waals surface area contributed by atoms with E-state index in [-0.39, 0.29) is 35.5 Å². The summed E-state index contributed by atoms with van der Waals surface area (Å²) in [6.07, 6.45) is 7.37. The van der Waals surface area contributed by atoms with Crippen LogP contribution in [0.2, 0.25) is 0 Å². The molecule has 4 aliphatic rings. The SMILES string of the molecule is Cc1occc1C(=O)NN1C(=O)[C@H]2[C@H](C1=O)[C@@H]1C=C[C@@H]2CC1. The fourth-order valence-corrected chi connectivity index (χ4v) is 3.97. The average Bonchev–Trinajstić information content (AvgIpc) is 3.07. The quantitative estimate of drug-likeness (QED) is 0.662. The van der Waals surface area contributed by atoms with Crippen LogP contribution < -0.4 is 5.43 Å². The second kappa shape index (κ2) is 4.56. The maximum atomic E-state index is 12.6. The van der Waals surface area contributed by atoms with Crippen LogP contribution in [0.15, 0.2) is 28.9 Å². The third kappa shape index (κ3) is 1.70. The molecule has 2 heterocycles. The first-order valence-corrected chi connectivity index (χ1v) is 7.49. The van der Waals surface area contributed by atoms with Crippen LogP contribution >= 0.6 is 0 Å². The van der Waals surface area contributed by atoms with E-state index in [0.717, 1.165) is 17.9 Å². The van der Waals surface area contributed by atoms with E-state index in [4.69, 9.17) is 4.42 Å². The lowest BCUT2D eigenvalue weighted by atomic mass is 9.63. The van der Waals surface area contributed by atoms with E-state index in [0.29, 0.717) is 11.3 Å². The molecule has 6 heteroatoms. The highest BCUT2D eigenvalue weighted by Crippen LogP contribution is 2.49. The third-order valence-corrected chi connectivity index (χ3v) is 5.08. The average molecular weight is 300 g/mol. The van der Waals surface area contributed by atoms with Gasteiger partial charge in [0.1, 0.15) is 5.76 Å². The molecule has 1 aromatic heterocycles. The summed E-state index contributed by atoms with van der Waals surface area (Å²) >= 11 is 0. The fourth-order valence-electron chi connectivity index (χ4n) is 3.97. The van der Waals surface area contributed by atoms with Crippen LogP contribution in [-0.4, -0.2) is 22.7 Å². The van der Waals surface area contributed by atoms with Gasteiger partial charge in [-0.25, -0.2) is 0 Å². The lowest BCUT2D eigenvalue weighted by Crippen LogP contribution is -2.46. The number of fused-ring (bicyclic) bond motifs is 1. The number of carbonyl (C=O) groups is 3. The normalized spacial score (nSPS) is 32.5. The first-order chi connectivity index (χ1) is 10.6. The molecule has 114 valence electrons. The van der Waals surface area contributed by atoms with E-state index >= 15 is 0 Å². The first kappa shape index (κ1) is 13.3. The van der Waals surface area contributed by atoms with E-state index in [9.17, 15) is 14.4 Å². The van der Waals surface area contributed by atoms with Crippen molar-refractivity contribution in [3.8, 4) is 0 Å². The number of amides is 3. The van der Waals surface area contributed by atoms with Crippen LogP contribution in [0, 0.1) is 30.6 Å². The number of carbonyl (C=O) groups excluding carboxylic acids is 3. The van der Waals surface area contributed by atoms with Crippen molar-refractivity contribution in [2.45, 2.75) is 19.8 Å². The van der Waals surface area contributed by atoms with Crippen molar-refractivity contribution < 1.29 is 18.8 Å². The van der Waals surface area contributed by atoms with E-state index in [1.165, 1.54) is 12.3 Å².